The Labute approximate surface area is 186 Å². The van der Waals surface area contributed by atoms with Gasteiger partial charge < -0.3 is 20.5 Å². The highest BCUT2D eigenvalue weighted by atomic mass is 16.2. The average Bonchev–Trinajstić information content (AvgIpc) is 3.47. The van der Waals surface area contributed by atoms with Gasteiger partial charge in [0, 0.05) is 31.1 Å². The van der Waals surface area contributed by atoms with E-state index in [1.807, 2.05) is 28.6 Å². The van der Waals surface area contributed by atoms with Crippen LogP contribution in [-0.2, 0) is 11.3 Å². The van der Waals surface area contributed by atoms with Crippen LogP contribution in [0.2, 0.25) is 0 Å². The van der Waals surface area contributed by atoms with Crippen LogP contribution >= 0.6 is 0 Å². The van der Waals surface area contributed by atoms with E-state index < -0.39 is 6.17 Å². The van der Waals surface area contributed by atoms with Crippen molar-refractivity contribution >= 4 is 28.8 Å². The summed E-state index contributed by atoms with van der Waals surface area (Å²) in [6.07, 6.45) is 4.34. The number of nitrogens with zero attached hydrogens (tertiary/aromatic N) is 3. The third kappa shape index (κ3) is 3.95. The van der Waals surface area contributed by atoms with Crippen molar-refractivity contribution in [3.05, 3.63) is 29.6 Å². The third-order valence-electron chi connectivity index (χ3n) is 6.58. The molecule has 1 saturated carbocycles. The van der Waals surface area contributed by atoms with Gasteiger partial charge in [0.2, 0.25) is 0 Å². The number of pyridine rings is 1. The summed E-state index contributed by atoms with van der Waals surface area (Å²) in [4.78, 5) is 44.3. The zero-order valence-electron chi connectivity index (χ0n) is 18.2. The molecule has 3 aliphatic rings. The molecule has 4 N–H and O–H groups in total. The van der Waals surface area contributed by atoms with Gasteiger partial charge in [-0.3, -0.25) is 24.6 Å². The van der Waals surface area contributed by atoms with Gasteiger partial charge in [0.25, 0.3) is 17.7 Å². The molecule has 2 aliphatic heterocycles. The quantitative estimate of drug-likeness (QED) is 0.538. The minimum absolute atomic E-state index is 0.0511. The number of hydrogen-bond donors (Lipinski definition) is 4. The Morgan fingerprint density at radius 2 is 1.97 bits per heavy atom. The fraction of sp³-hybridized carbons (Fsp3) is 0.545. The molecule has 2 aromatic heterocycles. The number of likely N-dealkylation sites (N-methyl/N-ethyl adjacent to an activating group) is 1. The maximum absolute atomic E-state index is 12.9. The number of aryl methyl sites for hydroxylation is 1. The van der Waals surface area contributed by atoms with Gasteiger partial charge in [0.1, 0.15) is 23.2 Å². The number of fused-ring (bicyclic) bond motifs is 3. The normalized spacial score (nSPS) is 24.2. The summed E-state index contributed by atoms with van der Waals surface area (Å²) in [5.74, 6) is -0.486. The van der Waals surface area contributed by atoms with E-state index >= 15 is 0 Å². The summed E-state index contributed by atoms with van der Waals surface area (Å²) >= 11 is 0. The topological polar surface area (TPSA) is 120 Å². The van der Waals surface area contributed by atoms with Gasteiger partial charge in [-0.1, -0.05) is 12.8 Å². The monoisotopic (exact) mass is 439 g/mol. The molecule has 0 aromatic carbocycles. The molecule has 170 valence electrons. The summed E-state index contributed by atoms with van der Waals surface area (Å²) in [6.45, 7) is 1.80. The Balaban J connectivity index is 1.27. The molecular weight excluding hydrogens is 410 g/mol. The second-order valence-electron chi connectivity index (χ2n) is 8.92. The zero-order valence-corrected chi connectivity index (χ0v) is 18.2. The number of hydrogen-bond acceptors (Lipinski definition) is 6. The molecule has 2 unspecified atom stereocenters. The van der Waals surface area contributed by atoms with Gasteiger partial charge in [0.15, 0.2) is 0 Å². The SMILES string of the molecule is CN1CC(NC(=O)c2ccc3cc4n(c3n2)CCCNC4=O)NC1C(=O)NC1CCCC1. The van der Waals surface area contributed by atoms with Crippen LogP contribution in [0, 0.1) is 0 Å². The molecule has 2 atom stereocenters. The summed E-state index contributed by atoms with van der Waals surface area (Å²) in [5.41, 5.74) is 1.49. The Bertz CT molecular complexity index is 1060. The standard InChI is InChI=1S/C22H29N7O3/c1-28-12-17(26-19(28)22(32)24-14-5-2-3-6-14)27-20(30)15-8-7-13-11-16-21(31)23-9-4-10-29(16)18(13)25-15/h7-8,11,14,17,19,26H,2-6,9-10,12H2,1H3,(H,23,31)(H,24,32)(H,27,30). The van der Waals surface area contributed by atoms with Crippen LogP contribution in [0.25, 0.3) is 11.0 Å². The Morgan fingerprint density at radius 1 is 1.16 bits per heavy atom. The van der Waals surface area contributed by atoms with E-state index in [4.69, 9.17) is 0 Å². The zero-order chi connectivity index (χ0) is 22.2. The van der Waals surface area contributed by atoms with Crippen LogP contribution in [-0.4, -0.2) is 70.7 Å². The van der Waals surface area contributed by atoms with Crippen molar-refractivity contribution in [1.82, 2.24) is 35.7 Å². The molecule has 1 saturated heterocycles. The van der Waals surface area contributed by atoms with E-state index in [2.05, 4.69) is 26.3 Å². The number of nitrogens with one attached hydrogen (secondary N) is 4. The van der Waals surface area contributed by atoms with Crippen molar-refractivity contribution in [1.29, 1.82) is 0 Å². The summed E-state index contributed by atoms with van der Waals surface area (Å²) in [6, 6.07) is 5.55. The van der Waals surface area contributed by atoms with Crippen molar-refractivity contribution < 1.29 is 14.4 Å². The molecule has 2 aromatic rings. The third-order valence-corrected chi connectivity index (χ3v) is 6.58. The second kappa shape index (κ2) is 8.51. The van der Waals surface area contributed by atoms with Crippen molar-refractivity contribution in [2.45, 2.75) is 57.0 Å². The van der Waals surface area contributed by atoms with E-state index in [-0.39, 0.29) is 35.6 Å². The molecule has 3 amide bonds. The molecular formula is C22H29N7O3. The first-order valence-corrected chi connectivity index (χ1v) is 11.4. The number of aromatic nitrogens is 2. The van der Waals surface area contributed by atoms with Crippen molar-refractivity contribution in [2.75, 3.05) is 20.1 Å². The Morgan fingerprint density at radius 3 is 2.78 bits per heavy atom. The predicted molar refractivity (Wildman–Crippen MR) is 118 cm³/mol. The van der Waals surface area contributed by atoms with Crippen molar-refractivity contribution in [3.8, 4) is 0 Å². The van der Waals surface area contributed by atoms with Crippen LogP contribution < -0.4 is 21.3 Å². The van der Waals surface area contributed by atoms with Crippen LogP contribution in [0.1, 0.15) is 53.1 Å². The van der Waals surface area contributed by atoms with Gasteiger partial charge in [-0.2, -0.15) is 0 Å². The lowest BCUT2D eigenvalue weighted by Crippen LogP contribution is -2.52. The smallest absolute Gasteiger partial charge is 0.271 e. The molecule has 10 nitrogen and oxygen atoms in total. The Hall–Kier alpha value is -2.98. The molecule has 2 fully saturated rings. The highest BCUT2D eigenvalue weighted by Gasteiger charge is 2.35. The molecule has 0 radical (unpaired) electrons. The van der Waals surface area contributed by atoms with Gasteiger partial charge in [-0.25, -0.2) is 4.98 Å². The minimum atomic E-state index is -0.476. The van der Waals surface area contributed by atoms with Crippen LogP contribution in [0.5, 0.6) is 0 Å². The lowest BCUT2D eigenvalue weighted by atomic mass is 10.2. The van der Waals surface area contributed by atoms with Gasteiger partial charge in [-0.05, 0) is 44.5 Å². The minimum Gasteiger partial charge on any atom is -0.351 e. The number of carbonyl (C=O) groups is 3. The summed E-state index contributed by atoms with van der Waals surface area (Å²) in [5, 5.41) is 13.0. The summed E-state index contributed by atoms with van der Waals surface area (Å²) in [7, 11) is 1.86. The van der Waals surface area contributed by atoms with Crippen molar-refractivity contribution in [3.63, 3.8) is 0 Å². The first-order valence-electron chi connectivity index (χ1n) is 11.4. The van der Waals surface area contributed by atoms with E-state index in [0.29, 0.717) is 31.0 Å². The van der Waals surface area contributed by atoms with Crippen molar-refractivity contribution in [2.24, 2.45) is 0 Å². The lowest BCUT2D eigenvalue weighted by Gasteiger charge is -2.21. The van der Waals surface area contributed by atoms with Gasteiger partial charge in [-0.15, -0.1) is 0 Å². The van der Waals surface area contributed by atoms with Crippen LogP contribution in [0.3, 0.4) is 0 Å². The molecule has 0 bridgehead atoms. The van der Waals surface area contributed by atoms with Crippen LogP contribution in [0.15, 0.2) is 18.2 Å². The fourth-order valence-electron chi connectivity index (χ4n) is 4.91. The Kier molecular flexibility index (Phi) is 5.56. The van der Waals surface area contributed by atoms with E-state index in [0.717, 1.165) is 37.5 Å². The second-order valence-corrected chi connectivity index (χ2v) is 8.92. The van der Waals surface area contributed by atoms with E-state index in [1.165, 1.54) is 0 Å². The first kappa shape index (κ1) is 20.9. The average molecular weight is 440 g/mol. The largest absolute Gasteiger partial charge is 0.351 e. The molecule has 10 heteroatoms. The molecule has 4 heterocycles. The highest BCUT2D eigenvalue weighted by molar-refractivity contribution is 6.00. The maximum Gasteiger partial charge on any atom is 0.271 e. The first-order chi connectivity index (χ1) is 15.5. The number of rotatable bonds is 4. The van der Waals surface area contributed by atoms with Gasteiger partial charge in [0.05, 0.1) is 6.17 Å². The molecule has 1 aliphatic carbocycles. The van der Waals surface area contributed by atoms with Crippen LogP contribution in [0.4, 0.5) is 0 Å². The summed E-state index contributed by atoms with van der Waals surface area (Å²) < 4.78 is 1.87. The number of amides is 3. The number of carbonyl (C=O) groups excluding carboxylic acids is 3. The van der Waals surface area contributed by atoms with Gasteiger partial charge >= 0.3 is 0 Å². The molecule has 32 heavy (non-hydrogen) atoms. The van der Waals surface area contributed by atoms with E-state index in [9.17, 15) is 14.4 Å². The maximum atomic E-state index is 12.9. The molecule has 0 spiro atoms. The van der Waals surface area contributed by atoms with E-state index in [1.54, 1.807) is 6.07 Å². The lowest BCUT2D eigenvalue weighted by molar-refractivity contribution is -0.126. The molecule has 5 rings (SSSR count). The highest BCUT2D eigenvalue weighted by Crippen LogP contribution is 2.21. The fourth-order valence-corrected chi connectivity index (χ4v) is 4.91. The predicted octanol–water partition coefficient (Wildman–Crippen LogP) is 0.146.